The Morgan fingerprint density at radius 1 is 1.32 bits per heavy atom. The van der Waals surface area contributed by atoms with Crippen LogP contribution in [0.25, 0.3) is 0 Å². The van der Waals surface area contributed by atoms with Crippen molar-refractivity contribution < 1.29 is 4.79 Å². The molecule has 5 nitrogen and oxygen atoms in total. The van der Waals surface area contributed by atoms with Gasteiger partial charge < -0.3 is 10.6 Å². The van der Waals surface area contributed by atoms with E-state index in [1.165, 1.54) is 6.92 Å². The molecule has 118 valence electrons. The molecule has 0 aliphatic rings. The molecule has 22 heavy (non-hydrogen) atoms. The lowest BCUT2D eigenvalue weighted by Gasteiger charge is -2.18. The van der Waals surface area contributed by atoms with Crippen LogP contribution in [0.5, 0.6) is 0 Å². The highest BCUT2D eigenvalue weighted by molar-refractivity contribution is 5.90. The van der Waals surface area contributed by atoms with Crippen molar-refractivity contribution in [3.05, 3.63) is 41.7 Å². The predicted molar refractivity (Wildman–Crippen MR) is 90.1 cm³/mol. The topological polar surface area (TPSA) is 59.0 Å². The first-order chi connectivity index (χ1) is 10.5. The molecule has 1 atom stereocenters. The van der Waals surface area contributed by atoms with E-state index in [1.54, 1.807) is 6.20 Å². The maximum absolute atomic E-state index is 11.2. The van der Waals surface area contributed by atoms with Crippen molar-refractivity contribution in [3.8, 4) is 0 Å². The van der Waals surface area contributed by atoms with Crippen LogP contribution in [0.2, 0.25) is 0 Å². The number of aryl methyl sites for hydroxylation is 3. The van der Waals surface area contributed by atoms with Crippen LogP contribution >= 0.6 is 0 Å². The molecule has 2 rings (SSSR count). The number of anilines is 2. The predicted octanol–water partition coefficient (Wildman–Crippen LogP) is 3.35. The van der Waals surface area contributed by atoms with Gasteiger partial charge in [0.15, 0.2) is 0 Å². The Morgan fingerprint density at radius 3 is 2.55 bits per heavy atom. The fourth-order valence-electron chi connectivity index (χ4n) is 2.54. The highest BCUT2D eigenvalue weighted by Gasteiger charge is 2.08. The molecular weight excluding hydrogens is 276 g/mol. The Morgan fingerprint density at radius 2 is 2.00 bits per heavy atom. The minimum absolute atomic E-state index is 0.0421. The SMILES string of the molecule is CC(=O)Nc1c(C)cc(N[C@H](C)CCn2cccn2)cc1C. The van der Waals surface area contributed by atoms with Gasteiger partial charge in [0.2, 0.25) is 5.91 Å². The molecular formula is C17H24N4O. The summed E-state index contributed by atoms with van der Waals surface area (Å²) in [4.78, 5) is 11.2. The molecule has 0 unspecified atom stereocenters. The number of rotatable bonds is 6. The van der Waals surface area contributed by atoms with Gasteiger partial charge in [0.1, 0.15) is 0 Å². The Bertz CT molecular complexity index is 611. The van der Waals surface area contributed by atoms with E-state index in [1.807, 2.05) is 30.8 Å². The average Bonchev–Trinajstić information content (AvgIpc) is 2.94. The largest absolute Gasteiger partial charge is 0.383 e. The molecule has 0 bridgehead atoms. The number of hydrogen-bond acceptors (Lipinski definition) is 3. The number of amides is 1. The van der Waals surface area contributed by atoms with E-state index in [2.05, 4.69) is 34.8 Å². The first kappa shape index (κ1) is 16.1. The molecule has 0 saturated heterocycles. The second-order valence-corrected chi connectivity index (χ2v) is 5.77. The number of nitrogens with zero attached hydrogens (tertiary/aromatic N) is 2. The summed E-state index contributed by atoms with van der Waals surface area (Å²) < 4.78 is 1.94. The second-order valence-electron chi connectivity index (χ2n) is 5.77. The summed E-state index contributed by atoms with van der Waals surface area (Å²) in [5, 5.41) is 10.6. The monoisotopic (exact) mass is 300 g/mol. The van der Waals surface area contributed by atoms with E-state index >= 15 is 0 Å². The molecule has 2 aromatic rings. The lowest BCUT2D eigenvalue weighted by Crippen LogP contribution is -2.18. The average molecular weight is 300 g/mol. The summed E-state index contributed by atoms with van der Waals surface area (Å²) in [6, 6.07) is 6.42. The van der Waals surface area contributed by atoms with E-state index in [0.717, 1.165) is 35.5 Å². The zero-order valence-corrected chi connectivity index (χ0v) is 13.7. The van der Waals surface area contributed by atoms with E-state index in [-0.39, 0.29) is 5.91 Å². The minimum Gasteiger partial charge on any atom is -0.383 e. The van der Waals surface area contributed by atoms with Crippen molar-refractivity contribution in [2.75, 3.05) is 10.6 Å². The second kappa shape index (κ2) is 7.11. The Kier molecular flexibility index (Phi) is 5.20. The number of benzene rings is 1. The van der Waals surface area contributed by atoms with Crippen LogP contribution in [0.4, 0.5) is 11.4 Å². The van der Waals surface area contributed by atoms with Crippen LogP contribution in [0.15, 0.2) is 30.6 Å². The first-order valence-electron chi connectivity index (χ1n) is 7.58. The van der Waals surface area contributed by atoms with Gasteiger partial charge in [-0.1, -0.05) is 0 Å². The van der Waals surface area contributed by atoms with Crippen molar-refractivity contribution >= 4 is 17.3 Å². The van der Waals surface area contributed by atoms with Gasteiger partial charge in [-0.25, -0.2) is 0 Å². The van der Waals surface area contributed by atoms with Gasteiger partial charge in [-0.05, 0) is 56.5 Å². The Hall–Kier alpha value is -2.30. The normalized spacial score (nSPS) is 12.0. The summed E-state index contributed by atoms with van der Waals surface area (Å²) in [6.45, 7) is 8.61. The molecule has 2 N–H and O–H groups in total. The van der Waals surface area contributed by atoms with Crippen molar-refractivity contribution in [2.45, 2.75) is 46.7 Å². The Labute approximate surface area is 131 Å². The van der Waals surface area contributed by atoms with Gasteiger partial charge >= 0.3 is 0 Å². The van der Waals surface area contributed by atoms with Crippen molar-refractivity contribution in [1.82, 2.24) is 9.78 Å². The van der Waals surface area contributed by atoms with Gasteiger partial charge in [0.05, 0.1) is 0 Å². The molecule has 1 amide bonds. The van der Waals surface area contributed by atoms with Crippen molar-refractivity contribution in [2.24, 2.45) is 0 Å². The standard InChI is InChI=1S/C17H24N4O/c1-12-10-16(11-13(2)17(12)20-15(4)22)19-14(3)6-9-21-8-5-7-18-21/h5,7-8,10-11,14,19H,6,9H2,1-4H3,(H,20,22)/t14-/m1/s1. The van der Waals surface area contributed by atoms with Crippen LogP contribution < -0.4 is 10.6 Å². The van der Waals surface area contributed by atoms with Crippen molar-refractivity contribution in [3.63, 3.8) is 0 Å². The number of carbonyl (C=O) groups is 1. The van der Waals surface area contributed by atoms with Crippen LogP contribution in [0.3, 0.4) is 0 Å². The summed E-state index contributed by atoms with van der Waals surface area (Å²) >= 11 is 0. The van der Waals surface area contributed by atoms with Gasteiger partial charge in [-0.3, -0.25) is 9.48 Å². The molecule has 0 aliphatic carbocycles. The smallest absolute Gasteiger partial charge is 0.221 e. The molecule has 0 spiro atoms. The summed E-state index contributed by atoms with van der Waals surface area (Å²) in [5.74, 6) is -0.0421. The molecule has 1 aromatic carbocycles. The summed E-state index contributed by atoms with van der Waals surface area (Å²) in [6.07, 6.45) is 4.77. The van der Waals surface area contributed by atoms with E-state index in [4.69, 9.17) is 0 Å². The molecule has 1 heterocycles. The van der Waals surface area contributed by atoms with Gasteiger partial charge in [-0.15, -0.1) is 0 Å². The Balaban J connectivity index is 1.98. The maximum Gasteiger partial charge on any atom is 0.221 e. The molecule has 0 fully saturated rings. The molecule has 0 aliphatic heterocycles. The minimum atomic E-state index is -0.0421. The van der Waals surface area contributed by atoms with Crippen LogP contribution in [0.1, 0.15) is 31.4 Å². The van der Waals surface area contributed by atoms with Crippen LogP contribution in [-0.2, 0) is 11.3 Å². The molecule has 5 heteroatoms. The lowest BCUT2D eigenvalue weighted by molar-refractivity contribution is -0.114. The van der Waals surface area contributed by atoms with E-state index in [0.29, 0.717) is 6.04 Å². The maximum atomic E-state index is 11.2. The van der Waals surface area contributed by atoms with Gasteiger partial charge in [0, 0.05) is 43.3 Å². The fraction of sp³-hybridized carbons (Fsp3) is 0.412. The number of carbonyl (C=O) groups excluding carboxylic acids is 1. The fourth-order valence-corrected chi connectivity index (χ4v) is 2.54. The van der Waals surface area contributed by atoms with Gasteiger partial charge in [-0.2, -0.15) is 5.10 Å². The number of aromatic nitrogens is 2. The van der Waals surface area contributed by atoms with Crippen LogP contribution in [0, 0.1) is 13.8 Å². The lowest BCUT2D eigenvalue weighted by atomic mass is 10.1. The number of nitrogens with one attached hydrogen (secondary N) is 2. The van der Waals surface area contributed by atoms with Crippen molar-refractivity contribution in [1.29, 1.82) is 0 Å². The molecule has 0 radical (unpaired) electrons. The third-order valence-electron chi connectivity index (χ3n) is 3.60. The number of hydrogen-bond donors (Lipinski definition) is 2. The van der Waals surface area contributed by atoms with E-state index in [9.17, 15) is 4.79 Å². The zero-order valence-electron chi connectivity index (χ0n) is 13.7. The third-order valence-corrected chi connectivity index (χ3v) is 3.60. The summed E-state index contributed by atoms with van der Waals surface area (Å²) in [7, 11) is 0. The quantitative estimate of drug-likeness (QED) is 0.860. The zero-order chi connectivity index (χ0) is 16.1. The third kappa shape index (κ3) is 4.35. The van der Waals surface area contributed by atoms with E-state index < -0.39 is 0 Å². The first-order valence-corrected chi connectivity index (χ1v) is 7.58. The highest BCUT2D eigenvalue weighted by Crippen LogP contribution is 2.25. The van der Waals surface area contributed by atoms with Gasteiger partial charge in [0.25, 0.3) is 0 Å². The highest BCUT2D eigenvalue weighted by atomic mass is 16.1. The van der Waals surface area contributed by atoms with Crippen LogP contribution in [-0.4, -0.2) is 21.7 Å². The molecule has 0 saturated carbocycles. The summed E-state index contributed by atoms with van der Waals surface area (Å²) in [5.41, 5.74) is 4.12. The molecule has 1 aromatic heterocycles.